The van der Waals surface area contributed by atoms with Crippen molar-refractivity contribution in [2.24, 2.45) is 0 Å². The van der Waals surface area contributed by atoms with Crippen molar-refractivity contribution in [3.8, 4) is 17.1 Å². The van der Waals surface area contributed by atoms with Crippen LogP contribution in [0.3, 0.4) is 0 Å². The quantitative estimate of drug-likeness (QED) is 0.744. The van der Waals surface area contributed by atoms with Crippen LogP contribution in [0.5, 0.6) is 5.75 Å². The van der Waals surface area contributed by atoms with Crippen LogP contribution in [0, 0.1) is 6.92 Å². The molecule has 3 nitrogen and oxygen atoms in total. The third-order valence-electron chi connectivity index (χ3n) is 3.96. The van der Waals surface area contributed by atoms with E-state index in [0.717, 1.165) is 40.8 Å². The maximum atomic E-state index is 10.2. The first kappa shape index (κ1) is 12.7. The summed E-state index contributed by atoms with van der Waals surface area (Å²) in [5.74, 6) is 1.10. The molecule has 0 amide bonds. The minimum absolute atomic E-state index is 0.268. The van der Waals surface area contributed by atoms with Crippen molar-refractivity contribution in [3.63, 3.8) is 0 Å². The van der Waals surface area contributed by atoms with Crippen molar-refractivity contribution >= 4 is 22.6 Å². The lowest BCUT2D eigenvalue weighted by atomic mass is 10.1. The average molecular weight is 299 g/mol. The number of phenolic OH excluding ortho intramolecular Hbond substituents is 1. The van der Waals surface area contributed by atoms with Gasteiger partial charge in [-0.05, 0) is 50.1 Å². The van der Waals surface area contributed by atoms with Gasteiger partial charge in [-0.3, -0.25) is 0 Å². The Morgan fingerprint density at radius 1 is 1.19 bits per heavy atom. The Bertz CT molecular complexity index is 849. The second kappa shape index (κ2) is 4.50. The number of aromatic hydroxyl groups is 1. The number of imidazole rings is 1. The molecule has 0 radical (unpaired) electrons. The fourth-order valence-electron chi connectivity index (χ4n) is 2.79. The fourth-order valence-corrected chi connectivity index (χ4v) is 2.96. The van der Waals surface area contributed by atoms with Gasteiger partial charge < -0.3 is 9.67 Å². The van der Waals surface area contributed by atoms with E-state index in [1.807, 2.05) is 37.3 Å². The van der Waals surface area contributed by atoms with E-state index >= 15 is 0 Å². The van der Waals surface area contributed by atoms with E-state index in [4.69, 9.17) is 16.6 Å². The van der Waals surface area contributed by atoms with Gasteiger partial charge in [-0.15, -0.1) is 0 Å². The maximum absolute atomic E-state index is 10.2. The highest BCUT2D eigenvalue weighted by Crippen LogP contribution is 2.43. The highest BCUT2D eigenvalue weighted by molar-refractivity contribution is 6.31. The zero-order valence-corrected chi connectivity index (χ0v) is 12.4. The van der Waals surface area contributed by atoms with Gasteiger partial charge in [-0.25, -0.2) is 4.98 Å². The van der Waals surface area contributed by atoms with E-state index in [9.17, 15) is 5.11 Å². The summed E-state index contributed by atoms with van der Waals surface area (Å²) in [7, 11) is 0. The Morgan fingerprint density at radius 2 is 2.00 bits per heavy atom. The van der Waals surface area contributed by atoms with Gasteiger partial charge >= 0.3 is 0 Å². The largest absolute Gasteiger partial charge is 0.507 e. The molecule has 0 atom stereocenters. The Labute approximate surface area is 127 Å². The minimum atomic E-state index is 0.268. The summed E-state index contributed by atoms with van der Waals surface area (Å²) in [6.45, 7) is 2.02. The lowest BCUT2D eigenvalue weighted by Gasteiger charge is -2.09. The van der Waals surface area contributed by atoms with E-state index < -0.39 is 0 Å². The molecule has 0 unspecified atom stereocenters. The van der Waals surface area contributed by atoms with Crippen LogP contribution in [-0.2, 0) is 0 Å². The second-order valence-electron chi connectivity index (χ2n) is 5.69. The Morgan fingerprint density at radius 3 is 2.76 bits per heavy atom. The molecule has 106 valence electrons. The molecule has 4 heteroatoms. The van der Waals surface area contributed by atoms with Crippen LogP contribution in [0.2, 0.25) is 5.02 Å². The topological polar surface area (TPSA) is 38.1 Å². The fraction of sp³-hybridized carbons (Fsp3) is 0.235. The third-order valence-corrected chi connectivity index (χ3v) is 4.19. The van der Waals surface area contributed by atoms with E-state index in [1.165, 1.54) is 0 Å². The molecule has 1 aliphatic carbocycles. The van der Waals surface area contributed by atoms with Gasteiger partial charge in [0.05, 0.1) is 16.6 Å². The molecule has 0 saturated heterocycles. The summed E-state index contributed by atoms with van der Waals surface area (Å²) >= 11 is 6.08. The molecule has 4 rings (SSSR count). The molecular formula is C17H15ClN2O. The number of hydrogen-bond donors (Lipinski definition) is 1. The molecule has 3 aromatic rings. The highest BCUT2D eigenvalue weighted by Gasteiger charge is 2.29. The predicted molar refractivity (Wildman–Crippen MR) is 84.9 cm³/mol. The average Bonchev–Trinajstić information content (AvgIpc) is 3.22. The molecule has 0 bridgehead atoms. The minimum Gasteiger partial charge on any atom is -0.507 e. The van der Waals surface area contributed by atoms with Crippen molar-refractivity contribution in [2.45, 2.75) is 25.8 Å². The first-order valence-electron chi connectivity index (χ1n) is 7.11. The maximum Gasteiger partial charge on any atom is 0.145 e. The number of aryl methyl sites for hydroxylation is 1. The van der Waals surface area contributed by atoms with Crippen LogP contribution in [0.1, 0.15) is 24.4 Å². The zero-order valence-electron chi connectivity index (χ0n) is 11.7. The Hall–Kier alpha value is -2.00. The predicted octanol–water partition coefficient (Wildman–Crippen LogP) is 4.71. The van der Waals surface area contributed by atoms with Gasteiger partial charge in [0, 0.05) is 11.1 Å². The summed E-state index contributed by atoms with van der Waals surface area (Å²) in [5, 5.41) is 10.9. The smallest absolute Gasteiger partial charge is 0.145 e. The molecule has 1 saturated carbocycles. The molecule has 1 N–H and O–H groups in total. The van der Waals surface area contributed by atoms with Gasteiger partial charge in [0.2, 0.25) is 0 Å². The summed E-state index contributed by atoms with van der Waals surface area (Å²) < 4.78 is 2.24. The first-order valence-corrected chi connectivity index (χ1v) is 7.49. The number of nitrogens with zero attached hydrogens (tertiary/aromatic N) is 2. The molecule has 1 aliphatic rings. The van der Waals surface area contributed by atoms with Crippen LogP contribution < -0.4 is 0 Å². The van der Waals surface area contributed by atoms with Crippen molar-refractivity contribution < 1.29 is 5.11 Å². The molecule has 1 aromatic heterocycles. The van der Waals surface area contributed by atoms with Gasteiger partial charge in [0.15, 0.2) is 0 Å². The standard InChI is InChI=1S/C17H15ClN2O/c1-10-2-7-16(21)13(8-10)17-19-14-9-11(18)3-6-15(14)20(17)12-4-5-12/h2-3,6-9,12,21H,4-5H2,1H3. The van der Waals surface area contributed by atoms with Crippen LogP contribution in [0.15, 0.2) is 36.4 Å². The van der Waals surface area contributed by atoms with E-state index in [-0.39, 0.29) is 5.75 Å². The summed E-state index contributed by atoms with van der Waals surface area (Å²) in [5.41, 5.74) is 3.85. The summed E-state index contributed by atoms with van der Waals surface area (Å²) in [6.07, 6.45) is 2.32. The van der Waals surface area contributed by atoms with E-state index in [1.54, 1.807) is 6.07 Å². The van der Waals surface area contributed by atoms with Crippen molar-refractivity contribution in [3.05, 3.63) is 47.0 Å². The Kier molecular flexibility index (Phi) is 2.73. The van der Waals surface area contributed by atoms with E-state index in [2.05, 4.69) is 4.57 Å². The lowest BCUT2D eigenvalue weighted by molar-refractivity contribution is 0.476. The lowest BCUT2D eigenvalue weighted by Crippen LogP contribution is -1.97. The molecule has 2 aromatic carbocycles. The van der Waals surface area contributed by atoms with Gasteiger partial charge in [0.1, 0.15) is 11.6 Å². The number of benzene rings is 2. The van der Waals surface area contributed by atoms with Crippen LogP contribution in [0.25, 0.3) is 22.4 Å². The number of rotatable bonds is 2. The summed E-state index contributed by atoms with van der Waals surface area (Å²) in [4.78, 5) is 4.73. The number of halogens is 1. The van der Waals surface area contributed by atoms with Crippen LogP contribution >= 0.6 is 11.6 Å². The van der Waals surface area contributed by atoms with Crippen molar-refractivity contribution in [1.29, 1.82) is 0 Å². The number of aromatic nitrogens is 2. The molecular weight excluding hydrogens is 284 g/mol. The SMILES string of the molecule is Cc1ccc(O)c(-c2nc3cc(Cl)ccc3n2C2CC2)c1. The third kappa shape index (κ3) is 2.09. The summed E-state index contributed by atoms with van der Waals surface area (Å²) in [6, 6.07) is 11.9. The zero-order chi connectivity index (χ0) is 14.6. The number of phenols is 1. The van der Waals surface area contributed by atoms with Crippen molar-refractivity contribution in [2.75, 3.05) is 0 Å². The molecule has 0 spiro atoms. The van der Waals surface area contributed by atoms with Crippen LogP contribution in [0.4, 0.5) is 0 Å². The molecule has 1 heterocycles. The van der Waals surface area contributed by atoms with Gasteiger partial charge in [-0.2, -0.15) is 0 Å². The Balaban J connectivity index is 2.03. The number of fused-ring (bicyclic) bond motifs is 1. The van der Waals surface area contributed by atoms with Crippen LogP contribution in [-0.4, -0.2) is 14.7 Å². The molecule has 21 heavy (non-hydrogen) atoms. The first-order chi connectivity index (χ1) is 10.1. The van der Waals surface area contributed by atoms with E-state index in [0.29, 0.717) is 11.1 Å². The van der Waals surface area contributed by atoms with Gasteiger partial charge in [-0.1, -0.05) is 23.2 Å². The normalized spacial score (nSPS) is 14.8. The molecule has 0 aliphatic heterocycles. The van der Waals surface area contributed by atoms with Crippen molar-refractivity contribution in [1.82, 2.24) is 9.55 Å². The van der Waals surface area contributed by atoms with Gasteiger partial charge in [0.25, 0.3) is 0 Å². The second-order valence-corrected chi connectivity index (χ2v) is 6.13. The highest BCUT2D eigenvalue weighted by atomic mass is 35.5. The number of hydrogen-bond acceptors (Lipinski definition) is 2. The monoisotopic (exact) mass is 298 g/mol. The molecule has 1 fully saturated rings.